The van der Waals surface area contributed by atoms with E-state index in [9.17, 15) is 0 Å². The van der Waals surface area contributed by atoms with Crippen LogP contribution in [0.2, 0.25) is 0 Å². The SMILES string of the molecule is CC1=C[N+](C(C)C)=CC1. The standard InChI is InChI=1S/C8H14N/c1-7(2)9-5-4-8(3)6-9/h5-7H,4H2,1-3H3/q+1. The highest BCUT2D eigenvalue weighted by Gasteiger charge is 2.12. The lowest BCUT2D eigenvalue weighted by molar-refractivity contribution is -0.484. The third-order valence-corrected chi connectivity index (χ3v) is 1.59. The zero-order valence-corrected chi connectivity index (χ0v) is 6.39. The van der Waals surface area contributed by atoms with Crippen LogP contribution in [0.3, 0.4) is 0 Å². The molecular formula is C8H14N+. The van der Waals surface area contributed by atoms with Gasteiger partial charge in [-0.05, 0) is 20.8 Å². The Morgan fingerprint density at radius 1 is 1.56 bits per heavy atom. The molecule has 50 valence electrons. The van der Waals surface area contributed by atoms with Crippen molar-refractivity contribution in [1.82, 2.24) is 0 Å². The smallest absolute Gasteiger partial charge is 0.168 e. The number of nitrogens with zero attached hydrogens (tertiary/aromatic N) is 1. The van der Waals surface area contributed by atoms with Crippen LogP contribution in [0.4, 0.5) is 0 Å². The van der Waals surface area contributed by atoms with E-state index in [1.165, 1.54) is 5.57 Å². The molecule has 0 fully saturated rings. The van der Waals surface area contributed by atoms with Gasteiger partial charge in [-0.3, -0.25) is 0 Å². The Kier molecular flexibility index (Phi) is 1.70. The first-order chi connectivity index (χ1) is 4.20. The molecule has 1 heterocycles. The summed E-state index contributed by atoms with van der Waals surface area (Å²) < 4.78 is 2.26. The van der Waals surface area contributed by atoms with Crippen molar-refractivity contribution in [3.05, 3.63) is 11.8 Å². The second kappa shape index (κ2) is 2.34. The molecular weight excluding hydrogens is 110 g/mol. The van der Waals surface area contributed by atoms with Crippen molar-refractivity contribution in [3.8, 4) is 0 Å². The van der Waals surface area contributed by atoms with E-state index in [2.05, 4.69) is 37.8 Å². The summed E-state index contributed by atoms with van der Waals surface area (Å²) in [6, 6.07) is 0.627. The van der Waals surface area contributed by atoms with E-state index in [0.717, 1.165) is 6.42 Å². The highest BCUT2D eigenvalue weighted by Crippen LogP contribution is 2.06. The topological polar surface area (TPSA) is 3.01 Å². The predicted molar refractivity (Wildman–Crippen MR) is 39.8 cm³/mol. The van der Waals surface area contributed by atoms with Crippen LogP contribution in [0.5, 0.6) is 0 Å². The summed E-state index contributed by atoms with van der Waals surface area (Å²) in [6.07, 6.45) is 5.59. The lowest BCUT2D eigenvalue weighted by Crippen LogP contribution is -2.12. The van der Waals surface area contributed by atoms with Gasteiger partial charge in [0.15, 0.2) is 12.2 Å². The second-order valence-electron chi connectivity index (χ2n) is 2.90. The average Bonchev–Trinajstić information content (AvgIpc) is 2.14. The van der Waals surface area contributed by atoms with Gasteiger partial charge in [0.2, 0.25) is 0 Å². The van der Waals surface area contributed by atoms with Crippen LogP contribution in [-0.4, -0.2) is 16.8 Å². The van der Waals surface area contributed by atoms with Crippen LogP contribution < -0.4 is 0 Å². The first kappa shape index (κ1) is 6.53. The van der Waals surface area contributed by atoms with Crippen molar-refractivity contribution in [2.75, 3.05) is 0 Å². The van der Waals surface area contributed by atoms with Crippen LogP contribution in [0.15, 0.2) is 11.8 Å². The molecule has 0 aromatic rings. The summed E-state index contributed by atoms with van der Waals surface area (Å²) >= 11 is 0. The number of rotatable bonds is 1. The van der Waals surface area contributed by atoms with E-state index < -0.39 is 0 Å². The maximum Gasteiger partial charge on any atom is 0.168 e. The summed E-state index contributed by atoms with van der Waals surface area (Å²) in [4.78, 5) is 0. The molecule has 0 saturated carbocycles. The second-order valence-corrected chi connectivity index (χ2v) is 2.90. The van der Waals surface area contributed by atoms with E-state index in [-0.39, 0.29) is 0 Å². The van der Waals surface area contributed by atoms with E-state index >= 15 is 0 Å². The maximum absolute atomic E-state index is 2.26. The molecule has 0 aromatic carbocycles. The van der Waals surface area contributed by atoms with Crippen molar-refractivity contribution < 1.29 is 4.58 Å². The Bertz CT molecular complexity index is 163. The minimum absolute atomic E-state index is 0.627. The van der Waals surface area contributed by atoms with Gasteiger partial charge in [0.1, 0.15) is 6.21 Å². The summed E-state index contributed by atoms with van der Waals surface area (Å²) in [6.45, 7) is 6.57. The summed E-state index contributed by atoms with van der Waals surface area (Å²) in [5.74, 6) is 0. The summed E-state index contributed by atoms with van der Waals surface area (Å²) in [5, 5.41) is 0. The van der Waals surface area contributed by atoms with E-state index in [1.54, 1.807) is 0 Å². The molecule has 1 aliphatic heterocycles. The maximum atomic E-state index is 2.26. The van der Waals surface area contributed by atoms with Gasteiger partial charge in [0.05, 0.1) is 6.42 Å². The fourth-order valence-corrected chi connectivity index (χ4v) is 0.969. The van der Waals surface area contributed by atoms with Crippen molar-refractivity contribution in [2.45, 2.75) is 33.2 Å². The molecule has 1 heteroatoms. The van der Waals surface area contributed by atoms with Crippen LogP contribution in [-0.2, 0) is 0 Å². The summed E-state index contributed by atoms with van der Waals surface area (Å²) in [5.41, 5.74) is 1.46. The zero-order valence-electron chi connectivity index (χ0n) is 6.39. The Labute approximate surface area is 56.7 Å². The third-order valence-electron chi connectivity index (χ3n) is 1.59. The van der Waals surface area contributed by atoms with Gasteiger partial charge in [0.25, 0.3) is 0 Å². The minimum atomic E-state index is 0.627. The van der Waals surface area contributed by atoms with Crippen LogP contribution >= 0.6 is 0 Å². The van der Waals surface area contributed by atoms with Gasteiger partial charge >= 0.3 is 0 Å². The van der Waals surface area contributed by atoms with Gasteiger partial charge in [0, 0.05) is 5.57 Å². The van der Waals surface area contributed by atoms with Crippen LogP contribution in [0.25, 0.3) is 0 Å². The normalized spacial score (nSPS) is 18.2. The first-order valence-electron chi connectivity index (χ1n) is 3.48. The van der Waals surface area contributed by atoms with Gasteiger partial charge in [-0.2, -0.15) is 0 Å². The van der Waals surface area contributed by atoms with Crippen molar-refractivity contribution in [3.63, 3.8) is 0 Å². The highest BCUT2D eigenvalue weighted by molar-refractivity contribution is 5.58. The lowest BCUT2D eigenvalue weighted by Gasteiger charge is -1.95. The van der Waals surface area contributed by atoms with Crippen molar-refractivity contribution in [2.24, 2.45) is 0 Å². The highest BCUT2D eigenvalue weighted by atomic mass is 15.0. The molecule has 9 heavy (non-hydrogen) atoms. The van der Waals surface area contributed by atoms with E-state index in [0.29, 0.717) is 6.04 Å². The quantitative estimate of drug-likeness (QED) is 0.469. The van der Waals surface area contributed by atoms with Gasteiger partial charge in [-0.15, -0.1) is 0 Å². The number of allylic oxidation sites excluding steroid dienone is 1. The number of hydrogen-bond acceptors (Lipinski definition) is 0. The van der Waals surface area contributed by atoms with Gasteiger partial charge in [-0.25, -0.2) is 4.58 Å². The molecule has 0 saturated heterocycles. The van der Waals surface area contributed by atoms with E-state index in [1.807, 2.05) is 0 Å². The Morgan fingerprint density at radius 2 is 2.22 bits per heavy atom. The number of hydrogen-bond donors (Lipinski definition) is 0. The van der Waals surface area contributed by atoms with Gasteiger partial charge in [-0.1, -0.05) is 0 Å². The molecule has 0 spiro atoms. The zero-order chi connectivity index (χ0) is 6.85. The Hall–Kier alpha value is -0.590. The Morgan fingerprint density at radius 3 is 2.44 bits per heavy atom. The molecule has 0 radical (unpaired) electrons. The molecule has 1 aliphatic rings. The third kappa shape index (κ3) is 1.41. The molecule has 0 aliphatic carbocycles. The Balaban J connectivity index is 2.64. The summed E-state index contributed by atoms with van der Waals surface area (Å²) in [7, 11) is 0. The fourth-order valence-electron chi connectivity index (χ4n) is 0.969. The monoisotopic (exact) mass is 124 g/mol. The van der Waals surface area contributed by atoms with Crippen LogP contribution in [0.1, 0.15) is 27.2 Å². The largest absolute Gasteiger partial charge is 0.207 e. The molecule has 0 unspecified atom stereocenters. The molecule has 0 aromatic heterocycles. The van der Waals surface area contributed by atoms with Gasteiger partial charge < -0.3 is 0 Å². The molecule has 0 amide bonds. The van der Waals surface area contributed by atoms with Crippen molar-refractivity contribution >= 4 is 6.21 Å². The average molecular weight is 124 g/mol. The van der Waals surface area contributed by atoms with E-state index in [4.69, 9.17) is 0 Å². The lowest BCUT2D eigenvalue weighted by atomic mass is 10.3. The molecule has 0 N–H and O–H groups in total. The van der Waals surface area contributed by atoms with Crippen molar-refractivity contribution in [1.29, 1.82) is 0 Å². The molecule has 1 nitrogen and oxygen atoms in total. The fraction of sp³-hybridized carbons (Fsp3) is 0.625. The first-order valence-corrected chi connectivity index (χ1v) is 3.48. The minimum Gasteiger partial charge on any atom is -0.207 e. The van der Waals surface area contributed by atoms with Crippen LogP contribution in [0, 0.1) is 0 Å². The molecule has 0 bridgehead atoms. The molecule has 0 atom stereocenters. The molecule has 1 rings (SSSR count). The predicted octanol–water partition coefficient (Wildman–Crippen LogP) is 1.79.